The van der Waals surface area contributed by atoms with Gasteiger partial charge in [-0.05, 0) is 30.2 Å². The van der Waals surface area contributed by atoms with Crippen molar-refractivity contribution in [1.82, 2.24) is 35.8 Å². The van der Waals surface area contributed by atoms with Crippen molar-refractivity contribution in [1.29, 1.82) is 0 Å². The van der Waals surface area contributed by atoms with Gasteiger partial charge in [-0.25, -0.2) is 9.48 Å². The van der Waals surface area contributed by atoms with Crippen LogP contribution in [0.5, 0.6) is 0 Å². The number of urea groups is 1. The minimum atomic E-state index is -0.697. The molecule has 0 spiro atoms. The highest BCUT2D eigenvalue weighted by molar-refractivity contribution is 6.05. The van der Waals surface area contributed by atoms with E-state index < -0.39 is 29.9 Å². The Morgan fingerprint density at radius 1 is 1.06 bits per heavy atom. The van der Waals surface area contributed by atoms with E-state index in [9.17, 15) is 24.0 Å². The molecule has 0 aliphatic carbocycles. The number of benzene rings is 1. The number of aromatic nitrogens is 3. The maximum absolute atomic E-state index is 12.8. The number of hydrogen-bond donors (Lipinski definition) is 3. The number of nitrogens with zero attached hydrogens (tertiary/aromatic N) is 4. The van der Waals surface area contributed by atoms with Crippen molar-refractivity contribution in [2.75, 3.05) is 0 Å². The van der Waals surface area contributed by atoms with E-state index in [0.717, 1.165) is 5.56 Å². The summed E-state index contributed by atoms with van der Waals surface area (Å²) in [6.45, 7) is 0.254. The summed E-state index contributed by atoms with van der Waals surface area (Å²) >= 11 is 0. The molecule has 2 unspecified atom stereocenters. The first kappa shape index (κ1) is 18.9. The van der Waals surface area contributed by atoms with Crippen molar-refractivity contribution in [3.05, 3.63) is 41.2 Å². The van der Waals surface area contributed by atoms with Crippen LogP contribution in [0.15, 0.2) is 24.4 Å². The maximum atomic E-state index is 12.8. The lowest BCUT2D eigenvalue weighted by atomic mass is 10.0. The summed E-state index contributed by atoms with van der Waals surface area (Å²) in [6, 6.07) is 3.27. The Balaban J connectivity index is 1.33. The minimum Gasteiger partial charge on any atom is -0.326 e. The highest BCUT2D eigenvalue weighted by atomic mass is 16.2. The molecule has 12 nitrogen and oxygen atoms in total. The first-order chi connectivity index (χ1) is 14.9. The maximum Gasteiger partial charge on any atom is 0.322 e. The molecule has 0 saturated carbocycles. The fraction of sp³-hybridized carbons (Fsp3) is 0.316. The van der Waals surface area contributed by atoms with E-state index >= 15 is 0 Å². The van der Waals surface area contributed by atoms with Gasteiger partial charge in [-0.2, -0.15) is 0 Å². The molecular weight excluding hydrogens is 406 g/mol. The fourth-order valence-corrected chi connectivity index (χ4v) is 4.03. The Morgan fingerprint density at radius 2 is 1.90 bits per heavy atom. The highest BCUT2D eigenvalue weighted by Crippen LogP contribution is 2.29. The largest absolute Gasteiger partial charge is 0.326 e. The van der Waals surface area contributed by atoms with Crippen LogP contribution in [0.2, 0.25) is 0 Å². The summed E-state index contributed by atoms with van der Waals surface area (Å²) in [7, 11) is 0. The van der Waals surface area contributed by atoms with Crippen molar-refractivity contribution in [3.63, 3.8) is 0 Å². The summed E-state index contributed by atoms with van der Waals surface area (Å²) in [6.07, 6.45) is 2.34. The zero-order valence-corrected chi connectivity index (χ0v) is 16.1. The second-order valence-corrected chi connectivity index (χ2v) is 7.62. The zero-order valence-electron chi connectivity index (χ0n) is 16.1. The van der Waals surface area contributed by atoms with Crippen LogP contribution in [0, 0.1) is 0 Å². The van der Waals surface area contributed by atoms with Crippen LogP contribution >= 0.6 is 0 Å². The Kier molecular flexibility index (Phi) is 4.27. The van der Waals surface area contributed by atoms with E-state index in [4.69, 9.17) is 0 Å². The van der Waals surface area contributed by atoms with E-state index in [1.807, 2.05) is 0 Å². The van der Waals surface area contributed by atoms with Crippen molar-refractivity contribution in [2.24, 2.45) is 0 Å². The smallest absolute Gasteiger partial charge is 0.322 e. The molecule has 2 fully saturated rings. The number of fused-ring (bicyclic) bond motifs is 1. The van der Waals surface area contributed by atoms with Gasteiger partial charge in [-0.3, -0.25) is 29.8 Å². The molecule has 5 rings (SSSR count). The lowest BCUT2D eigenvalue weighted by Crippen LogP contribution is -2.52. The first-order valence-corrected chi connectivity index (χ1v) is 9.69. The van der Waals surface area contributed by atoms with Crippen LogP contribution in [0.25, 0.3) is 5.69 Å². The van der Waals surface area contributed by atoms with Crippen molar-refractivity contribution in [3.8, 4) is 5.69 Å². The second kappa shape index (κ2) is 7.00. The van der Waals surface area contributed by atoms with E-state index in [1.165, 1.54) is 9.58 Å². The van der Waals surface area contributed by atoms with Gasteiger partial charge in [0.2, 0.25) is 11.8 Å². The van der Waals surface area contributed by atoms with E-state index in [0.29, 0.717) is 23.4 Å². The van der Waals surface area contributed by atoms with E-state index in [1.54, 1.807) is 24.4 Å². The number of carbonyl (C=O) groups excluding carboxylic acids is 5. The average molecular weight is 423 g/mol. The van der Waals surface area contributed by atoms with Gasteiger partial charge in [0.15, 0.2) is 0 Å². The molecule has 4 heterocycles. The number of rotatable bonds is 4. The third-order valence-corrected chi connectivity index (χ3v) is 5.58. The van der Waals surface area contributed by atoms with E-state index in [2.05, 4.69) is 26.3 Å². The number of piperidine rings is 1. The quantitative estimate of drug-likeness (QED) is 0.411. The van der Waals surface area contributed by atoms with Crippen molar-refractivity contribution in [2.45, 2.75) is 37.9 Å². The molecule has 1 aromatic carbocycles. The van der Waals surface area contributed by atoms with Gasteiger partial charge in [-0.15, -0.1) is 5.10 Å². The van der Waals surface area contributed by atoms with Crippen LogP contribution in [0.4, 0.5) is 4.79 Å². The Hall–Kier alpha value is -4.09. The molecule has 2 atom stereocenters. The normalized spacial score (nSPS) is 23.0. The van der Waals surface area contributed by atoms with E-state index in [-0.39, 0.29) is 31.2 Å². The third-order valence-electron chi connectivity index (χ3n) is 5.58. The van der Waals surface area contributed by atoms with Crippen molar-refractivity contribution < 1.29 is 24.0 Å². The highest BCUT2D eigenvalue weighted by Gasteiger charge is 2.39. The molecule has 0 radical (unpaired) electrons. The molecule has 3 aliphatic rings. The Labute approximate surface area is 174 Å². The van der Waals surface area contributed by atoms with Crippen LogP contribution in [0.1, 0.15) is 34.5 Å². The number of carbonyl (C=O) groups is 5. The summed E-state index contributed by atoms with van der Waals surface area (Å²) in [5, 5.41) is 15.1. The molecular formula is C19H17N7O5. The first-order valence-electron chi connectivity index (χ1n) is 9.69. The SMILES string of the molecule is O=C1CCC(N2Cc3cc(-n4cc(CC5NC(=O)NC5=O)nn4)ccc3C2=O)C(=O)N1. The molecule has 31 heavy (non-hydrogen) atoms. The molecule has 2 aromatic rings. The topological polar surface area (TPSA) is 155 Å². The molecule has 2 saturated heterocycles. The fourth-order valence-electron chi connectivity index (χ4n) is 4.03. The van der Waals surface area contributed by atoms with Gasteiger partial charge < -0.3 is 10.2 Å². The third kappa shape index (κ3) is 3.31. The zero-order chi connectivity index (χ0) is 21.7. The van der Waals surface area contributed by atoms with Crippen molar-refractivity contribution >= 4 is 29.7 Å². The Bertz CT molecular complexity index is 1160. The Morgan fingerprint density at radius 3 is 2.65 bits per heavy atom. The van der Waals surface area contributed by atoms with Gasteiger partial charge in [-0.1, -0.05) is 5.21 Å². The van der Waals surface area contributed by atoms with Gasteiger partial charge in [0.1, 0.15) is 12.1 Å². The molecule has 12 heteroatoms. The average Bonchev–Trinajstić information content (AvgIpc) is 3.40. The molecule has 1 aromatic heterocycles. The predicted octanol–water partition coefficient (Wildman–Crippen LogP) is -1.22. The molecule has 158 valence electrons. The number of hydrogen-bond acceptors (Lipinski definition) is 7. The minimum absolute atomic E-state index is 0.197. The lowest BCUT2D eigenvalue weighted by Gasteiger charge is -2.29. The standard InChI is InChI=1S/C19H17N7O5/c27-15-4-3-14(17(29)21-15)25-7-9-5-11(1-2-12(9)18(25)30)26-8-10(23-24-26)6-13-16(28)22-19(31)20-13/h1-2,5,8,13-14H,3-4,6-7H2,(H,21,27,29)(H2,20,22,28,31). The van der Waals surface area contributed by atoms with Gasteiger partial charge in [0.25, 0.3) is 11.8 Å². The monoisotopic (exact) mass is 423 g/mol. The molecule has 0 bridgehead atoms. The van der Waals surface area contributed by atoms with Crippen LogP contribution in [-0.2, 0) is 27.3 Å². The van der Waals surface area contributed by atoms with Gasteiger partial charge in [0, 0.05) is 24.9 Å². The summed E-state index contributed by atoms with van der Waals surface area (Å²) in [5.74, 6) is -1.45. The summed E-state index contributed by atoms with van der Waals surface area (Å²) < 4.78 is 1.52. The molecule has 3 N–H and O–H groups in total. The van der Waals surface area contributed by atoms with Crippen LogP contribution < -0.4 is 16.0 Å². The molecule has 3 aliphatic heterocycles. The number of nitrogens with one attached hydrogen (secondary N) is 3. The predicted molar refractivity (Wildman–Crippen MR) is 102 cm³/mol. The van der Waals surface area contributed by atoms with Gasteiger partial charge >= 0.3 is 6.03 Å². The number of amides is 6. The van der Waals surface area contributed by atoms with Crippen LogP contribution in [-0.4, -0.2) is 61.6 Å². The lowest BCUT2D eigenvalue weighted by molar-refractivity contribution is -0.137. The molecule has 6 amide bonds. The summed E-state index contributed by atoms with van der Waals surface area (Å²) in [5.41, 5.74) is 2.42. The van der Waals surface area contributed by atoms with Gasteiger partial charge in [0.05, 0.1) is 17.6 Å². The second-order valence-electron chi connectivity index (χ2n) is 7.62. The van der Waals surface area contributed by atoms with Crippen LogP contribution in [0.3, 0.4) is 0 Å². The number of imide groups is 2. The summed E-state index contributed by atoms with van der Waals surface area (Å²) in [4.78, 5) is 60.7.